The molecule has 0 spiro atoms. The number of ether oxygens (including phenoxy) is 2. The quantitative estimate of drug-likeness (QED) is 0.742. The average molecular weight is 398 g/mol. The maximum absolute atomic E-state index is 12.5. The van der Waals surface area contributed by atoms with Gasteiger partial charge in [-0.15, -0.1) is 0 Å². The van der Waals surface area contributed by atoms with Gasteiger partial charge in [-0.2, -0.15) is 0 Å². The van der Waals surface area contributed by atoms with Crippen LogP contribution in [-0.4, -0.2) is 62.7 Å². The maximum atomic E-state index is 12.5. The Hall–Kier alpha value is -2.57. The van der Waals surface area contributed by atoms with Crippen LogP contribution in [-0.2, 0) is 17.8 Å². The number of carbonyl (C=O) groups excluding carboxylic acids is 1. The van der Waals surface area contributed by atoms with Crippen molar-refractivity contribution in [2.45, 2.75) is 19.9 Å². The number of methoxy groups -OCH3 is 2. The SMILES string of the molecule is CCc1ccccc1NC(=O)CN1CCN(Cc2ccc(OC)c(OC)c2)CC1. The molecule has 0 aromatic heterocycles. The van der Waals surface area contributed by atoms with Gasteiger partial charge in [0.2, 0.25) is 5.91 Å². The van der Waals surface area contributed by atoms with Crippen LogP contribution in [0.15, 0.2) is 42.5 Å². The van der Waals surface area contributed by atoms with Crippen LogP contribution in [0, 0.1) is 0 Å². The smallest absolute Gasteiger partial charge is 0.238 e. The molecule has 1 aliphatic heterocycles. The van der Waals surface area contributed by atoms with E-state index >= 15 is 0 Å². The largest absolute Gasteiger partial charge is 0.493 e. The van der Waals surface area contributed by atoms with Gasteiger partial charge >= 0.3 is 0 Å². The minimum Gasteiger partial charge on any atom is -0.493 e. The van der Waals surface area contributed by atoms with E-state index in [1.165, 1.54) is 11.1 Å². The molecule has 0 bridgehead atoms. The molecule has 1 aliphatic rings. The molecule has 0 atom stereocenters. The van der Waals surface area contributed by atoms with Crippen LogP contribution in [0.2, 0.25) is 0 Å². The van der Waals surface area contributed by atoms with Crippen molar-refractivity contribution in [2.75, 3.05) is 52.3 Å². The van der Waals surface area contributed by atoms with Gasteiger partial charge in [0, 0.05) is 38.4 Å². The Morgan fingerprint density at radius 2 is 1.66 bits per heavy atom. The van der Waals surface area contributed by atoms with Crippen LogP contribution in [0.4, 0.5) is 5.69 Å². The van der Waals surface area contributed by atoms with Gasteiger partial charge in [0.15, 0.2) is 11.5 Å². The van der Waals surface area contributed by atoms with Crippen LogP contribution in [0.25, 0.3) is 0 Å². The number of anilines is 1. The van der Waals surface area contributed by atoms with Gasteiger partial charge < -0.3 is 14.8 Å². The van der Waals surface area contributed by atoms with Crippen molar-refractivity contribution in [3.63, 3.8) is 0 Å². The molecule has 1 amide bonds. The second kappa shape index (κ2) is 10.3. The maximum Gasteiger partial charge on any atom is 0.238 e. The third kappa shape index (κ3) is 5.71. The Labute approximate surface area is 173 Å². The molecule has 2 aromatic rings. The van der Waals surface area contributed by atoms with Gasteiger partial charge in [0.25, 0.3) is 0 Å². The number of aryl methyl sites for hydroxylation is 1. The van der Waals surface area contributed by atoms with Crippen molar-refractivity contribution in [1.29, 1.82) is 0 Å². The fourth-order valence-electron chi connectivity index (χ4n) is 3.69. The molecule has 1 fully saturated rings. The minimum atomic E-state index is 0.0549. The molecular formula is C23H31N3O3. The summed E-state index contributed by atoms with van der Waals surface area (Å²) in [5.74, 6) is 1.56. The molecule has 0 aliphatic carbocycles. The fourth-order valence-corrected chi connectivity index (χ4v) is 3.69. The Morgan fingerprint density at radius 1 is 0.966 bits per heavy atom. The molecule has 2 aromatic carbocycles. The number of carbonyl (C=O) groups is 1. The van der Waals surface area contributed by atoms with Crippen molar-refractivity contribution in [3.8, 4) is 11.5 Å². The molecule has 0 saturated carbocycles. The number of amides is 1. The summed E-state index contributed by atoms with van der Waals surface area (Å²) in [6.07, 6.45) is 0.908. The molecule has 0 unspecified atom stereocenters. The zero-order valence-electron chi connectivity index (χ0n) is 17.6. The number of nitrogens with one attached hydrogen (secondary N) is 1. The van der Waals surface area contributed by atoms with Crippen molar-refractivity contribution in [3.05, 3.63) is 53.6 Å². The number of hydrogen-bond acceptors (Lipinski definition) is 5. The van der Waals surface area contributed by atoms with Crippen molar-refractivity contribution >= 4 is 11.6 Å². The standard InChI is InChI=1S/C23H31N3O3/c1-4-19-7-5-6-8-20(19)24-23(27)17-26-13-11-25(12-14-26)16-18-9-10-21(28-2)22(15-18)29-3/h5-10,15H,4,11-14,16-17H2,1-3H3,(H,24,27). The van der Waals surface area contributed by atoms with Gasteiger partial charge in [-0.3, -0.25) is 14.6 Å². The van der Waals surface area contributed by atoms with E-state index in [2.05, 4.69) is 34.2 Å². The van der Waals surface area contributed by atoms with E-state index in [9.17, 15) is 4.79 Å². The average Bonchev–Trinajstić information content (AvgIpc) is 2.75. The van der Waals surface area contributed by atoms with Gasteiger partial charge in [0.1, 0.15) is 0 Å². The van der Waals surface area contributed by atoms with Crippen LogP contribution < -0.4 is 14.8 Å². The van der Waals surface area contributed by atoms with Crippen LogP contribution in [0.5, 0.6) is 11.5 Å². The summed E-state index contributed by atoms with van der Waals surface area (Å²) in [6, 6.07) is 14.0. The predicted octanol–water partition coefficient (Wildman–Crippen LogP) is 3.02. The van der Waals surface area contributed by atoms with Crippen molar-refractivity contribution < 1.29 is 14.3 Å². The summed E-state index contributed by atoms with van der Waals surface area (Å²) in [4.78, 5) is 17.1. The lowest BCUT2D eigenvalue weighted by atomic mass is 10.1. The lowest BCUT2D eigenvalue weighted by molar-refractivity contribution is -0.117. The number of benzene rings is 2. The van der Waals surface area contributed by atoms with Crippen LogP contribution in [0.3, 0.4) is 0 Å². The van der Waals surface area contributed by atoms with Gasteiger partial charge in [-0.05, 0) is 35.7 Å². The molecule has 1 heterocycles. The second-order valence-electron chi connectivity index (χ2n) is 7.30. The lowest BCUT2D eigenvalue weighted by Crippen LogP contribution is -2.48. The first-order valence-electron chi connectivity index (χ1n) is 10.2. The number of rotatable bonds is 8. The Bertz CT molecular complexity index is 817. The van der Waals surface area contributed by atoms with Gasteiger partial charge in [-0.25, -0.2) is 0 Å². The van der Waals surface area contributed by atoms with E-state index in [1.807, 2.05) is 30.3 Å². The van der Waals surface area contributed by atoms with E-state index in [4.69, 9.17) is 9.47 Å². The Kier molecular flexibility index (Phi) is 7.49. The van der Waals surface area contributed by atoms with Gasteiger partial charge in [0.05, 0.1) is 20.8 Å². The number of hydrogen-bond donors (Lipinski definition) is 1. The summed E-state index contributed by atoms with van der Waals surface area (Å²) in [6.45, 7) is 7.04. The predicted molar refractivity (Wildman–Crippen MR) is 116 cm³/mol. The zero-order valence-corrected chi connectivity index (χ0v) is 17.6. The summed E-state index contributed by atoms with van der Waals surface area (Å²) in [5.41, 5.74) is 3.29. The molecule has 0 radical (unpaired) electrons. The monoisotopic (exact) mass is 397 g/mol. The molecule has 1 saturated heterocycles. The third-order valence-electron chi connectivity index (χ3n) is 5.36. The summed E-state index contributed by atoms with van der Waals surface area (Å²) in [5, 5.41) is 3.06. The molecule has 6 heteroatoms. The Morgan fingerprint density at radius 3 is 2.34 bits per heavy atom. The molecular weight excluding hydrogens is 366 g/mol. The number of para-hydroxylation sites is 1. The topological polar surface area (TPSA) is 54.0 Å². The van der Waals surface area contributed by atoms with E-state index in [0.29, 0.717) is 6.54 Å². The highest BCUT2D eigenvalue weighted by molar-refractivity contribution is 5.93. The van der Waals surface area contributed by atoms with E-state index in [1.54, 1.807) is 14.2 Å². The normalized spacial score (nSPS) is 15.1. The lowest BCUT2D eigenvalue weighted by Gasteiger charge is -2.34. The summed E-state index contributed by atoms with van der Waals surface area (Å²) in [7, 11) is 3.30. The molecule has 3 rings (SSSR count). The van der Waals surface area contributed by atoms with Crippen LogP contribution >= 0.6 is 0 Å². The zero-order chi connectivity index (χ0) is 20.6. The highest BCUT2D eigenvalue weighted by Gasteiger charge is 2.20. The molecule has 1 N–H and O–H groups in total. The van der Waals surface area contributed by atoms with E-state index < -0.39 is 0 Å². The molecule has 6 nitrogen and oxygen atoms in total. The Balaban J connectivity index is 1.47. The van der Waals surface area contributed by atoms with Crippen molar-refractivity contribution in [1.82, 2.24) is 9.80 Å². The molecule has 156 valence electrons. The van der Waals surface area contributed by atoms with E-state index in [0.717, 1.165) is 56.3 Å². The summed E-state index contributed by atoms with van der Waals surface area (Å²) < 4.78 is 10.7. The van der Waals surface area contributed by atoms with Gasteiger partial charge in [-0.1, -0.05) is 31.2 Å². The number of nitrogens with zero attached hydrogens (tertiary/aromatic N) is 2. The van der Waals surface area contributed by atoms with Crippen molar-refractivity contribution in [2.24, 2.45) is 0 Å². The highest BCUT2D eigenvalue weighted by atomic mass is 16.5. The first-order chi connectivity index (χ1) is 14.1. The summed E-state index contributed by atoms with van der Waals surface area (Å²) >= 11 is 0. The van der Waals surface area contributed by atoms with Crippen LogP contribution in [0.1, 0.15) is 18.1 Å². The number of piperazine rings is 1. The fraction of sp³-hybridized carbons (Fsp3) is 0.435. The highest BCUT2D eigenvalue weighted by Crippen LogP contribution is 2.28. The first kappa shape index (κ1) is 21.1. The third-order valence-corrected chi connectivity index (χ3v) is 5.36. The molecule has 29 heavy (non-hydrogen) atoms. The van der Waals surface area contributed by atoms with E-state index in [-0.39, 0.29) is 5.91 Å². The second-order valence-corrected chi connectivity index (χ2v) is 7.30. The first-order valence-corrected chi connectivity index (χ1v) is 10.2. The minimum absolute atomic E-state index is 0.0549.